The van der Waals surface area contributed by atoms with Crippen molar-refractivity contribution < 1.29 is 4.79 Å². The van der Waals surface area contributed by atoms with Gasteiger partial charge >= 0.3 is 0 Å². The van der Waals surface area contributed by atoms with Crippen LogP contribution in [0.1, 0.15) is 29.0 Å². The highest BCUT2D eigenvalue weighted by atomic mass is 32.1. The van der Waals surface area contributed by atoms with Gasteiger partial charge in [-0.25, -0.2) is 0 Å². The Hall–Kier alpha value is -2.14. The summed E-state index contributed by atoms with van der Waals surface area (Å²) in [5, 5.41) is 5.07. The van der Waals surface area contributed by atoms with Crippen molar-refractivity contribution >= 4 is 27.5 Å². The number of rotatable bonds is 5. The fourth-order valence-electron chi connectivity index (χ4n) is 2.68. The number of amides is 1. The van der Waals surface area contributed by atoms with Crippen LogP contribution in [0.25, 0.3) is 10.2 Å². The fraction of sp³-hybridized carbons (Fsp3) is 0.294. The first kappa shape index (κ1) is 13.5. The number of aromatic nitrogens is 2. The summed E-state index contributed by atoms with van der Waals surface area (Å²) in [6.45, 7) is 1.41. The molecule has 1 fully saturated rings. The number of pyridine rings is 1. The summed E-state index contributed by atoms with van der Waals surface area (Å²) >= 11 is 1.69. The largest absolute Gasteiger partial charge is 0.345 e. The number of thiophene rings is 1. The molecule has 0 saturated heterocycles. The molecule has 0 atom stereocenters. The Morgan fingerprint density at radius 3 is 3.05 bits per heavy atom. The molecule has 0 spiro atoms. The van der Waals surface area contributed by atoms with E-state index in [-0.39, 0.29) is 5.91 Å². The lowest BCUT2D eigenvalue weighted by molar-refractivity contribution is 0.0941. The molecule has 22 heavy (non-hydrogen) atoms. The van der Waals surface area contributed by atoms with E-state index >= 15 is 0 Å². The monoisotopic (exact) mass is 311 g/mol. The number of hydrogen-bond donors (Lipinski definition) is 1. The molecule has 1 amide bonds. The highest BCUT2D eigenvalue weighted by Gasteiger charge is 2.25. The summed E-state index contributed by atoms with van der Waals surface area (Å²) in [7, 11) is 0. The zero-order valence-corrected chi connectivity index (χ0v) is 13.0. The van der Waals surface area contributed by atoms with Crippen molar-refractivity contribution in [2.75, 3.05) is 0 Å². The van der Waals surface area contributed by atoms with Gasteiger partial charge in [0.2, 0.25) is 0 Å². The SMILES string of the molecule is O=C(NCc1ccccn1)c1cc2sccc2n1CC1CC1. The minimum Gasteiger partial charge on any atom is -0.345 e. The van der Waals surface area contributed by atoms with Crippen molar-refractivity contribution in [3.63, 3.8) is 0 Å². The van der Waals surface area contributed by atoms with E-state index in [0.717, 1.165) is 23.9 Å². The van der Waals surface area contributed by atoms with Crippen molar-refractivity contribution in [3.05, 3.63) is 53.3 Å². The van der Waals surface area contributed by atoms with Crippen molar-refractivity contribution in [3.8, 4) is 0 Å². The number of fused-ring (bicyclic) bond motifs is 1. The number of carbonyl (C=O) groups excluding carboxylic acids is 1. The summed E-state index contributed by atoms with van der Waals surface area (Å²) in [5.74, 6) is 0.715. The van der Waals surface area contributed by atoms with Crippen molar-refractivity contribution in [1.29, 1.82) is 0 Å². The lowest BCUT2D eigenvalue weighted by Crippen LogP contribution is -2.26. The first-order valence-corrected chi connectivity index (χ1v) is 8.44. The predicted octanol–water partition coefficient (Wildman–Crippen LogP) is 3.44. The molecule has 0 bridgehead atoms. The van der Waals surface area contributed by atoms with Crippen LogP contribution in [0.4, 0.5) is 0 Å². The van der Waals surface area contributed by atoms with Gasteiger partial charge < -0.3 is 9.88 Å². The zero-order chi connectivity index (χ0) is 14.9. The van der Waals surface area contributed by atoms with E-state index in [1.165, 1.54) is 23.1 Å². The zero-order valence-electron chi connectivity index (χ0n) is 12.2. The Bertz CT molecular complexity index is 802. The summed E-state index contributed by atoms with van der Waals surface area (Å²) < 4.78 is 3.36. The molecule has 1 saturated carbocycles. The van der Waals surface area contributed by atoms with Gasteiger partial charge in [0.05, 0.1) is 22.5 Å². The molecular weight excluding hydrogens is 294 g/mol. The normalized spacial score (nSPS) is 14.4. The molecule has 5 heteroatoms. The number of hydrogen-bond acceptors (Lipinski definition) is 3. The second-order valence-corrected chi connectivity index (χ2v) is 6.71. The average molecular weight is 311 g/mol. The van der Waals surface area contributed by atoms with Crippen molar-refractivity contribution in [1.82, 2.24) is 14.9 Å². The van der Waals surface area contributed by atoms with Gasteiger partial charge in [0.25, 0.3) is 5.91 Å². The topological polar surface area (TPSA) is 46.9 Å². The minimum absolute atomic E-state index is 0.0188. The summed E-state index contributed by atoms with van der Waals surface area (Å²) in [6, 6.07) is 9.84. The van der Waals surface area contributed by atoms with Crippen molar-refractivity contribution in [2.45, 2.75) is 25.9 Å². The Morgan fingerprint density at radius 1 is 1.36 bits per heavy atom. The Morgan fingerprint density at radius 2 is 2.27 bits per heavy atom. The molecule has 0 radical (unpaired) electrons. The molecule has 0 aliphatic heterocycles. The van der Waals surface area contributed by atoms with Gasteiger partial charge in [-0.05, 0) is 48.4 Å². The van der Waals surface area contributed by atoms with Crippen LogP contribution in [-0.2, 0) is 13.1 Å². The predicted molar refractivity (Wildman–Crippen MR) is 87.9 cm³/mol. The van der Waals surface area contributed by atoms with Gasteiger partial charge in [0.15, 0.2) is 0 Å². The third kappa shape index (κ3) is 2.64. The van der Waals surface area contributed by atoms with Crippen LogP contribution in [0.15, 0.2) is 41.9 Å². The third-order valence-corrected chi connectivity index (χ3v) is 4.90. The summed E-state index contributed by atoms with van der Waals surface area (Å²) in [5.41, 5.74) is 2.82. The van der Waals surface area contributed by atoms with Gasteiger partial charge in [0, 0.05) is 12.7 Å². The molecule has 112 valence electrons. The van der Waals surface area contributed by atoms with Gasteiger partial charge in [-0.15, -0.1) is 11.3 Å². The highest BCUT2D eigenvalue weighted by Crippen LogP contribution is 2.34. The number of nitrogens with zero attached hydrogens (tertiary/aromatic N) is 2. The van der Waals surface area contributed by atoms with Crippen LogP contribution >= 0.6 is 11.3 Å². The van der Waals surface area contributed by atoms with E-state index in [0.29, 0.717) is 6.54 Å². The standard InChI is InChI=1S/C17H17N3OS/c21-17(19-10-13-3-1-2-7-18-13)15-9-16-14(6-8-22-16)20(15)11-12-4-5-12/h1-3,6-9,12H,4-5,10-11H2,(H,19,21). The van der Waals surface area contributed by atoms with Crippen LogP contribution in [0, 0.1) is 5.92 Å². The van der Waals surface area contributed by atoms with Crippen LogP contribution in [0.3, 0.4) is 0 Å². The first-order valence-electron chi connectivity index (χ1n) is 7.56. The van der Waals surface area contributed by atoms with Gasteiger partial charge in [-0.1, -0.05) is 6.07 Å². The lowest BCUT2D eigenvalue weighted by Gasteiger charge is -2.10. The Kier molecular flexibility index (Phi) is 3.42. The second kappa shape index (κ2) is 5.57. The first-order chi connectivity index (χ1) is 10.8. The van der Waals surface area contributed by atoms with E-state index in [2.05, 4.69) is 26.3 Å². The lowest BCUT2D eigenvalue weighted by atomic mass is 10.3. The molecule has 1 N–H and O–H groups in total. The molecule has 4 nitrogen and oxygen atoms in total. The van der Waals surface area contributed by atoms with Crippen molar-refractivity contribution in [2.24, 2.45) is 5.92 Å². The Labute approximate surface area is 132 Å². The van der Waals surface area contributed by atoms with E-state index in [1.807, 2.05) is 24.3 Å². The fourth-order valence-corrected chi connectivity index (χ4v) is 3.51. The molecule has 1 aliphatic carbocycles. The quantitative estimate of drug-likeness (QED) is 0.784. The van der Waals surface area contributed by atoms with Crippen LogP contribution < -0.4 is 5.32 Å². The third-order valence-electron chi connectivity index (χ3n) is 4.05. The number of carbonyl (C=O) groups is 1. The summed E-state index contributed by atoms with van der Waals surface area (Å²) in [4.78, 5) is 16.8. The molecule has 0 aromatic carbocycles. The molecule has 1 aliphatic rings. The van der Waals surface area contributed by atoms with Gasteiger partial charge in [0.1, 0.15) is 5.69 Å². The molecular formula is C17H17N3OS. The molecule has 0 unspecified atom stereocenters. The minimum atomic E-state index is -0.0188. The van der Waals surface area contributed by atoms with Gasteiger partial charge in [-0.3, -0.25) is 9.78 Å². The highest BCUT2D eigenvalue weighted by molar-refractivity contribution is 7.17. The number of nitrogens with one attached hydrogen (secondary N) is 1. The maximum Gasteiger partial charge on any atom is 0.268 e. The molecule has 3 heterocycles. The Balaban J connectivity index is 1.56. The van der Waals surface area contributed by atoms with Crippen LogP contribution in [-0.4, -0.2) is 15.5 Å². The van der Waals surface area contributed by atoms with Crippen LogP contribution in [0.2, 0.25) is 0 Å². The van der Waals surface area contributed by atoms with Gasteiger partial charge in [-0.2, -0.15) is 0 Å². The molecule has 4 rings (SSSR count). The molecule has 3 aromatic rings. The van der Waals surface area contributed by atoms with E-state index < -0.39 is 0 Å². The van der Waals surface area contributed by atoms with E-state index in [4.69, 9.17) is 0 Å². The maximum atomic E-state index is 12.6. The van der Waals surface area contributed by atoms with E-state index in [1.54, 1.807) is 17.5 Å². The summed E-state index contributed by atoms with van der Waals surface area (Å²) in [6.07, 6.45) is 4.30. The average Bonchev–Trinajstić information content (AvgIpc) is 3.13. The smallest absolute Gasteiger partial charge is 0.268 e. The second-order valence-electron chi connectivity index (χ2n) is 5.76. The molecule has 3 aromatic heterocycles. The maximum absolute atomic E-state index is 12.6. The van der Waals surface area contributed by atoms with E-state index in [9.17, 15) is 4.79 Å². The van der Waals surface area contributed by atoms with Crippen LogP contribution in [0.5, 0.6) is 0 Å².